The van der Waals surface area contributed by atoms with Crippen LogP contribution in [-0.2, 0) is 0 Å². The zero-order valence-electron chi connectivity index (χ0n) is 11.7. The molecule has 0 bridgehead atoms. The van der Waals surface area contributed by atoms with Crippen LogP contribution in [0.4, 0.5) is 11.4 Å². The molecule has 1 aliphatic carbocycles. The third-order valence-corrected chi connectivity index (χ3v) is 4.14. The van der Waals surface area contributed by atoms with E-state index in [1.807, 2.05) is 6.07 Å². The smallest absolute Gasteiger partial charge is 0.251 e. The van der Waals surface area contributed by atoms with Crippen LogP contribution in [0.1, 0.15) is 36.5 Å². The van der Waals surface area contributed by atoms with Crippen LogP contribution >= 0.6 is 0 Å². The molecule has 2 unspecified atom stereocenters. The second-order valence-electron chi connectivity index (χ2n) is 5.43. The maximum absolute atomic E-state index is 11.6. The zero-order valence-corrected chi connectivity index (χ0v) is 11.7. The molecule has 1 saturated carbocycles. The second-order valence-corrected chi connectivity index (χ2v) is 5.43. The normalized spacial score (nSPS) is 22.2. The monoisotopic (exact) mass is 261 g/mol. The van der Waals surface area contributed by atoms with Gasteiger partial charge in [-0.1, -0.05) is 19.8 Å². The van der Waals surface area contributed by atoms with E-state index in [4.69, 9.17) is 5.73 Å². The largest absolute Gasteiger partial charge is 0.397 e. The summed E-state index contributed by atoms with van der Waals surface area (Å²) in [6.45, 7) is 3.24. The number of nitrogens with two attached hydrogens (primary N) is 1. The fourth-order valence-electron chi connectivity index (χ4n) is 2.76. The van der Waals surface area contributed by atoms with Gasteiger partial charge in [-0.15, -0.1) is 0 Å². The van der Waals surface area contributed by atoms with Crippen LogP contribution in [0.15, 0.2) is 18.2 Å². The van der Waals surface area contributed by atoms with Gasteiger partial charge in [-0.25, -0.2) is 0 Å². The quantitative estimate of drug-likeness (QED) is 0.729. The van der Waals surface area contributed by atoms with E-state index in [1.165, 1.54) is 19.3 Å². The van der Waals surface area contributed by atoms with Gasteiger partial charge in [0.2, 0.25) is 0 Å². The van der Waals surface area contributed by atoms with Crippen molar-refractivity contribution in [3.63, 3.8) is 0 Å². The van der Waals surface area contributed by atoms with Gasteiger partial charge >= 0.3 is 0 Å². The summed E-state index contributed by atoms with van der Waals surface area (Å²) >= 11 is 0. The molecule has 0 aromatic heterocycles. The van der Waals surface area contributed by atoms with Crippen LogP contribution in [0.3, 0.4) is 0 Å². The lowest BCUT2D eigenvalue weighted by Crippen LogP contribution is -2.19. The summed E-state index contributed by atoms with van der Waals surface area (Å²) < 4.78 is 0. The summed E-state index contributed by atoms with van der Waals surface area (Å²) in [5.74, 6) is 1.40. The van der Waals surface area contributed by atoms with Gasteiger partial charge in [0.05, 0.1) is 11.4 Å². The Bertz CT molecular complexity index is 459. The molecule has 0 aliphatic heterocycles. The molecule has 2 atom stereocenters. The third kappa shape index (κ3) is 3.19. The Morgan fingerprint density at radius 1 is 1.42 bits per heavy atom. The Morgan fingerprint density at radius 2 is 2.21 bits per heavy atom. The second kappa shape index (κ2) is 5.95. The number of benzene rings is 1. The van der Waals surface area contributed by atoms with Crippen molar-refractivity contribution >= 4 is 17.3 Å². The van der Waals surface area contributed by atoms with E-state index < -0.39 is 0 Å². The molecule has 0 heterocycles. The maximum Gasteiger partial charge on any atom is 0.251 e. The fraction of sp³-hybridized carbons (Fsp3) is 0.533. The molecule has 4 heteroatoms. The highest BCUT2D eigenvalue weighted by molar-refractivity contribution is 5.96. The average Bonchev–Trinajstić information content (AvgIpc) is 2.82. The molecule has 0 radical (unpaired) electrons. The number of nitrogens with one attached hydrogen (secondary N) is 2. The average molecular weight is 261 g/mol. The summed E-state index contributed by atoms with van der Waals surface area (Å²) in [6, 6.07) is 5.36. The predicted molar refractivity (Wildman–Crippen MR) is 79.2 cm³/mol. The highest BCUT2D eigenvalue weighted by Crippen LogP contribution is 2.31. The van der Waals surface area contributed by atoms with Crippen molar-refractivity contribution in [2.45, 2.75) is 26.2 Å². The number of rotatable bonds is 4. The maximum atomic E-state index is 11.6. The first-order valence-corrected chi connectivity index (χ1v) is 6.97. The lowest BCUT2D eigenvalue weighted by Gasteiger charge is -2.18. The zero-order chi connectivity index (χ0) is 13.8. The van der Waals surface area contributed by atoms with E-state index in [9.17, 15) is 4.79 Å². The van der Waals surface area contributed by atoms with Gasteiger partial charge in [-0.2, -0.15) is 0 Å². The SMILES string of the molecule is CNC(=O)c1ccc(N)c(NCC2CCCC2C)c1. The van der Waals surface area contributed by atoms with E-state index in [1.54, 1.807) is 19.2 Å². The van der Waals surface area contributed by atoms with Gasteiger partial charge in [-0.3, -0.25) is 4.79 Å². The van der Waals surface area contributed by atoms with Crippen LogP contribution < -0.4 is 16.4 Å². The molecule has 1 amide bonds. The van der Waals surface area contributed by atoms with E-state index in [0.717, 1.165) is 18.2 Å². The Hall–Kier alpha value is -1.71. The summed E-state index contributed by atoms with van der Waals surface area (Å²) in [7, 11) is 1.63. The number of nitrogen functional groups attached to an aromatic ring is 1. The highest BCUT2D eigenvalue weighted by Gasteiger charge is 2.23. The van der Waals surface area contributed by atoms with Crippen molar-refractivity contribution in [1.82, 2.24) is 5.32 Å². The van der Waals surface area contributed by atoms with E-state index in [2.05, 4.69) is 17.6 Å². The third-order valence-electron chi connectivity index (χ3n) is 4.14. The number of hydrogen-bond donors (Lipinski definition) is 3. The summed E-state index contributed by atoms with van der Waals surface area (Å²) in [4.78, 5) is 11.6. The Morgan fingerprint density at radius 3 is 2.84 bits per heavy atom. The highest BCUT2D eigenvalue weighted by atomic mass is 16.1. The number of amides is 1. The van der Waals surface area contributed by atoms with Crippen LogP contribution in [0.25, 0.3) is 0 Å². The van der Waals surface area contributed by atoms with Crippen LogP contribution in [0.2, 0.25) is 0 Å². The molecule has 4 N–H and O–H groups in total. The standard InChI is InChI=1S/C15H23N3O/c1-10-4-3-5-12(10)9-18-14-8-11(15(19)17-2)6-7-13(14)16/h6-8,10,12,18H,3-5,9,16H2,1-2H3,(H,17,19). The van der Waals surface area contributed by atoms with Gasteiger partial charge in [-0.05, 0) is 36.5 Å². The minimum absolute atomic E-state index is 0.0858. The van der Waals surface area contributed by atoms with E-state index >= 15 is 0 Å². The number of hydrogen-bond acceptors (Lipinski definition) is 3. The molecule has 1 fully saturated rings. The van der Waals surface area contributed by atoms with Crippen molar-refractivity contribution < 1.29 is 4.79 Å². The molecule has 0 saturated heterocycles. The first-order valence-electron chi connectivity index (χ1n) is 6.97. The minimum Gasteiger partial charge on any atom is -0.397 e. The first kappa shape index (κ1) is 13.7. The van der Waals surface area contributed by atoms with Crippen molar-refractivity contribution in [2.24, 2.45) is 11.8 Å². The summed E-state index contributed by atoms with van der Waals surface area (Å²) in [5, 5.41) is 6.02. The van der Waals surface area contributed by atoms with Crippen LogP contribution in [-0.4, -0.2) is 19.5 Å². The molecule has 0 spiro atoms. The van der Waals surface area contributed by atoms with Crippen LogP contribution in [0, 0.1) is 11.8 Å². The van der Waals surface area contributed by atoms with Crippen molar-refractivity contribution in [3.05, 3.63) is 23.8 Å². The molecule has 1 aromatic rings. The summed E-state index contributed by atoms with van der Waals surface area (Å²) in [6.07, 6.45) is 3.92. The first-order chi connectivity index (χ1) is 9.11. The predicted octanol–water partition coefficient (Wildman–Crippen LogP) is 2.48. The van der Waals surface area contributed by atoms with Crippen molar-refractivity contribution in [3.8, 4) is 0 Å². The lowest BCUT2D eigenvalue weighted by atomic mass is 9.98. The topological polar surface area (TPSA) is 67.2 Å². The van der Waals surface area contributed by atoms with Crippen LogP contribution in [0.5, 0.6) is 0 Å². The number of carbonyl (C=O) groups is 1. The van der Waals surface area contributed by atoms with Gasteiger partial charge in [0, 0.05) is 19.2 Å². The van der Waals surface area contributed by atoms with Gasteiger partial charge in [0.1, 0.15) is 0 Å². The fourth-order valence-corrected chi connectivity index (χ4v) is 2.76. The molecule has 4 nitrogen and oxygen atoms in total. The molecule has 1 aromatic carbocycles. The molecule has 1 aliphatic rings. The minimum atomic E-state index is -0.0858. The van der Waals surface area contributed by atoms with Gasteiger partial charge < -0.3 is 16.4 Å². The van der Waals surface area contributed by atoms with E-state index in [0.29, 0.717) is 17.2 Å². The number of anilines is 2. The lowest BCUT2D eigenvalue weighted by molar-refractivity contribution is 0.0963. The molecular weight excluding hydrogens is 238 g/mol. The molecule has 2 rings (SSSR count). The Balaban J connectivity index is 2.04. The Labute approximate surface area is 114 Å². The van der Waals surface area contributed by atoms with Crippen molar-refractivity contribution in [1.29, 1.82) is 0 Å². The molecule has 104 valence electrons. The molecular formula is C15H23N3O. The molecule has 19 heavy (non-hydrogen) atoms. The van der Waals surface area contributed by atoms with Crippen molar-refractivity contribution in [2.75, 3.05) is 24.6 Å². The van der Waals surface area contributed by atoms with Gasteiger partial charge in [0.25, 0.3) is 5.91 Å². The van der Waals surface area contributed by atoms with E-state index in [-0.39, 0.29) is 5.91 Å². The Kier molecular flexibility index (Phi) is 4.30. The number of carbonyl (C=O) groups excluding carboxylic acids is 1. The summed E-state index contributed by atoms with van der Waals surface area (Å²) in [5.41, 5.74) is 8.15. The van der Waals surface area contributed by atoms with Gasteiger partial charge in [0.15, 0.2) is 0 Å².